The molecule has 352 valence electrons. The van der Waals surface area contributed by atoms with E-state index in [0.717, 1.165) is 89.9 Å². The Labute approximate surface area is 381 Å². The summed E-state index contributed by atoms with van der Waals surface area (Å²) in [6.45, 7) is 6.30. The Kier molecular flexibility index (Phi) is 47.0. The second-order valence-corrected chi connectivity index (χ2v) is 16.3. The maximum Gasteiger partial charge on any atom is 0.306 e. The van der Waals surface area contributed by atoms with Crippen LogP contribution in [0.5, 0.6) is 0 Å². The molecule has 1 unspecified atom stereocenters. The van der Waals surface area contributed by atoms with Crippen molar-refractivity contribution in [3.05, 3.63) is 97.2 Å². The van der Waals surface area contributed by atoms with Gasteiger partial charge in [0.1, 0.15) is 13.2 Å². The van der Waals surface area contributed by atoms with Gasteiger partial charge < -0.3 is 14.2 Å². The number of ether oxygens (including phenoxy) is 3. The Hall–Kier alpha value is -3.67. The van der Waals surface area contributed by atoms with Crippen LogP contribution >= 0.6 is 0 Å². The van der Waals surface area contributed by atoms with Crippen molar-refractivity contribution in [2.75, 3.05) is 13.2 Å². The number of esters is 3. The van der Waals surface area contributed by atoms with Gasteiger partial charge in [0.2, 0.25) is 0 Å². The molecule has 0 aromatic carbocycles. The van der Waals surface area contributed by atoms with Crippen molar-refractivity contribution in [3.8, 4) is 0 Å². The summed E-state index contributed by atoms with van der Waals surface area (Å²) in [6.07, 6.45) is 65.5. The molecule has 0 aromatic rings. The van der Waals surface area contributed by atoms with Crippen molar-refractivity contribution >= 4 is 17.9 Å². The standard InChI is InChI=1S/C56H92O6/c1-4-7-10-13-16-19-22-25-26-27-28-29-30-32-34-37-40-43-46-49-55(58)61-52-53(51-60-54(57)48-45-42-39-36-33-24-21-18-15-12-9-6-3)62-56(59)50-47-44-41-38-35-31-23-20-17-14-11-8-5-2/h7,9-10,12,16,18-19,21,25-26,31,33,35-36,41,44,53H,4-6,8,11,13-15,17,20,22-24,27-30,32,34,37-40,42-43,45-52H2,1-3H3/b10-7-,12-9-,19-16-,21-18-,26-25-,35-31-,36-33-,44-41-. The first kappa shape index (κ1) is 58.3. The molecule has 0 N–H and O–H groups in total. The minimum atomic E-state index is -0.825. The first-order chi connectivity index (χ1) is 30.5. The highest BCUT2D eigenvalue weighted by Crippen LogP contribution is 2.13. The van der Waals surface area contributed by atoms with Crippen molar-refractivity contribution in [1.82, 2.24) is 0 Å². The van der Waals surface area contributed by atoms with Crippen LogP contribution in [0, 0.1) is 0 Å². The second-order valence-electron chi connectivity index (χ2n) is 16.3. The van der Waals surface area contributed by atoms with E-state index < -0.39 is 12.1 Å². The van der Waals surface area contributed by atoms with Crippen LogP contribution in [0.25, 0.3) is 0 Å². The number of hydrogen-bond acceptors (Lipinski definition) is 6. The highest BCUT2D eigenvalue weighted by molar-refractivity contribution is 5.71. The first-order valence-electron chi connectivity index (χ1n) is 25.2. The predicted octanol–water partition coefficient (Wildman–Crippen LogP) is 16.6. The van der Waals surface area contributed by atoms with Crippen molar-refractivity contribution in [2.45, 2.75) is 226 Å². The molecule has 0 saturated heterocycles. The van der Waals surface area contributed by atoms with E-state index in [1.54, 1.807) is 0 Å². The van der Waals surface area contributed by atoms with Gasteiger partial charge in [0.25, 0.3) is 0 Å². The maximum atomic E-state index is 12.7. The lowest BCUT2D eigenvalue weighted by molar-refractivity contribution is -0.166. The minimum absolute atomic E-state index is 0.116. The van der Waals surface area contributed by atoms with Gasteiger partial charge in [0.05, 0.1) is 0 Å². The monoisotopic (exact) mass is 861 g/mol. The van der Waals surface area contributed by atoms with Crippen molar-refractivity contribution in [1.29, 1.82) is 0 Å². The van der Waals surface area contributed by atoms with E-state index in [1.807, 2.05) is 6.08 Å². The smallest absolute Gasteiger partial charge is 0.306 e. The Morgan fingerprint density at radius 3 is 1.08 bits per heavy atom. The van der Waals surface area contributed by atoms with E-state index in [1.165, 1.54) is 83.5 Å². The molecule has 0 amide bonds. The van der Waals surface area contributed by atoms with E-state index in [9.17, 15) is 14.4 Å². The Morgan fingerprint density at radius 1 is 0.339 bits per heavy atom. The van der Waals surface area contributed by atoms with Crippen molar-refractivity contribution in [3.63, 3.8) is 0 Å². The van der Waals surface area contributed by atoms with Gasteiger partial charge in [-0.1, -0.05) is 195 Å². The summed E-state index contributed by atoms with van der Waals surface area (Å²) in [7, 11) is 0. The molecule has 6 nitrogen and oxygen atoms in total. The lowest BCUT2D eigenvalue weighted by Crippen LogP contribution is -2.30. The molecule has 0 bridgehead atoms. The van der Waals surface area contributed by atoms with Gasteiger partial charge in [0, 0.05) is 19.3 Å². The summed E-state index contributed by atoms with van der Waals surface area (Å²) in [5, 5.41) is 0. The van der Waals surface area contributed by atoms with Crippen LogP contribution in [0.2, 0.25) is 0 Å². The number of hydrogen-bond donors (Lipinski definition) is 0. The summed E-state index contributed by atoms with van der Waals surface area (Å²) in [5.74, 6) is -1.04. The normalized spacial score (nSPS) is 12.9. The molecule has 0 spiro atoms. The molecular weight excluding hydrogens is 769 g/mol. The van der Waals surface area contributed by atoms with Gasteiger partial charge in [-0.15, -0.1) is 0 Å². The third kappa shape index (κ3) is 47.4. The zero-order chi connectivity index (χ0) is 45.1. The van der Waals surface area contributed by atoms with E-state index in [2.05, 4.69) is 112 Å². The van der Waals surface area contributed by atoms with Crippen LogP contribution in [-0.4, -0.2) is 37.2 Å². The van der Waals surface area contributed by atoms with E-state index in [0.29, 0.717) is 19.3 Å². The molecule has 0 aliphatic rings. The Bertz CT molecular complexity index is 1260. The van der Waals surface area contributed by atoms with Crippen LogP contribution in [0.15, 0.2) is 97.2 Å². The zero-order valence-electron chi connectivity index (χ0n) is 40.1. The van der Waals surface area contributed by atoms with E-state index in [4.69, 9.17) is 14.2 Å². The summed E-state index contributed by atoms with van der Waals surface area (Å²) in [5.41, 5.74) is 0. The van der Waals surface area contributed by atoms with Gasteiger partial charge in [0.15, 0.2) is 6.10 Å². The zero-order valence-corrected chi connectivity index (χ0v) is 40.1. The first-order valence-corrected chi connectivity index (χ1v) is 25.2. The van der Waals surface area contributed by atoms with Gasteiger partial charge in [-0.05, 0) is 103 Å². The van der Waals surface area contributed by atoms with Crippen molar-refractivity contribution < 1.29 is 28.6 Å². The molecule has 0 aliphatic heterocycles. The van der Waals surface area contributed by atoms with E-state index >= 15 is 0 Å². The average molecular weight is 861 g/mol. The predicted molar refractivity (Wildman–Crippen MR) is 265 cm³/mol. The fourth-order valence-corrected chi connectivity index (χ4v) is 6.58. The highest BCUT2D eigenvalue weighted by atomic mass is 16.6. The van der Waals surface area contributed by atoms with Gasteiger partial charge in [-0.3, -0.25) is 14.4 Å². The largest absolute Gasteiger partial charge is 0.462 e. The fourth-order valence-electron chi connectivity index (χ4n) is 6.58. The molecule has 0 fully saturated rings. The molecular formula is C56H92O6. The topological polar surface area (TPSA) is 78.9 Å². The van der Waals surface area contributed by atoms with Crippen molar-refractivity contribution in [2.24, 2.45) is 0 Å². The summed E-state index contributed by atoms with van der Waals surface area (Å²) >= 11 is 0. The summed E-state index contributed by atoms with van der Waals surface area (Å²) in [6, 6.07) is 0. The van der Waals surface area contributed by atoms with Crippen LogP contribution in [0.1, 0.15) is 220 Å². The molecule has 6 heteroatoms. The molecule has 0 aromatic heterocycles. The lowest BCUT2D eigenvalue weighted by Gasteiger charge is -2.18. The minimum Gasteiger partial charge on any atom is -0.462 e. The van der Waals surface area contributed by atoms with Crippen LogP contribution < -0.4 is 0 Å². The molecule has 0 aliphatic carbocycles. The fraction of sp³-hybridized carbons (Fsp3) is 0.661. The van der Waals surface area contributed by atoms with Crippen LogP contribution in [0.4, 0.5) is 0 Å². The van der Waals surface area contributed by atoms with Gasteiger partial charge >= 0.3 is 17.9 Å². The van der Waals surface area contributed by atoms with Crippen LogP contribution in [-0.2, 0) is 28.6 Å². The number of allylic oxidation sites excluding steroid dienone is 16. The quantitative estimate of drug-likeness (QED) is 0.0263. The average Bonchev–Trinajstić information content (AvgIpc) is 3.27. The summed E-state index contributed by atoms with van der Waals surface area (Å²) in [4.78, 5) is 37.9. The third-order valence-corrected chi connectivity index (χ3v) is 10.3. The molecule has 1 atom stereocenters. The number of rotatable bonds is 44. The van der Waals surface area contributed by atoms with Crippen LogP contribution in [0.3, 0.4) is 0 Å². The second kappa shape index (κ2) is 50.0. The molecule has 0 radical (unpaired) electrons. The lowest BCUT2D eigenvalue weighted by atomic mass is 10.1. The Morgan fingerprint density at radius 2 is 0.661 bits per heavy atom. The molecule has 62 heavy (non-hydrogen) atoms. The number of carbonyl (C=O) groups excluding carboxylic acids is 3. The highest BCUT2D eigenvalue weighted by Gasteiger charge is 2.19. The van der Waals surface area contributed by atoms with E-state index in [-0.39, 0.29) is 31.6 Å². The number of carbonyl (C=O) groups is 3. The number of unbranched alkanes of at least 4 members (excludes halogenated alkanes) is 17. The van der Waals surface area contributed by atoms with Gasteiger partial charge in [-0.2, -0.15) is 0 Å². The molecule has 0 saturated carbocycles. The SMILES string of the molecule is CC/C=C\C/C=C\C/C=C\CCCCCCCCCCCC(=O)OCC(COC(=O)CCCC/C=C\C/C=C\C/C=C\CC)OC(=O)CC/C=C\C/C=C\CCCCCCCC. The Balaban J connectivity index is 4.45. The summed E-state index contributed by atoms with van der Waals surface area (Å²) < 4.78 is 16.7. The third-order valence-electron chi connectivity index (χ3n) is 10.3. The molecule has 0 heterocycles. The van der Waals surface area contributed by atoms with Gasteiger partial charge in [-0.25, -0.2) is 0 Å². The maximum absolute atomic E-state index is 12.7. The molecule has 0 rings (SSSR count).